The lowest BCUT2D eigenvalue weighted by Crippen LogP contribution is -2.43. The van der Waals surface area contributed by atoms with Crippen LogP contribution in [0.25, 0.3) is 0 Å². The predicted octanol–water partition coefficient (Wildman–Crippen LogP) is -0.931. The molecular weight excluding hydrogens is 216 g/mol. The van der Waals surface area contributed by atoms with Gasteiger partial charge >= 0.3 is 5.97 Å². The molecule has 2 fully saturated rings. The zero-order valence-electron chi connectivity index (χ0n) is 8.37. The molecule has 0 aromatic rings. The molecular formula is C10H12O6. The molecule has 6 heteroatoms. The van der Waals surface area contributed by atoms with Gasteiger partial charge in [0.05, 0.1) is 30.5 Å². The van der Waals surface area contributed by atoms with E-state index in [-0.39, 0.29) is 24.2 Å². The molecule has 2 heterocycles. The number of hydrogen-bond donors (Lipinski definition) is 3. The van der Waals surface area contributed by atoms with Gasteiger partial charge in [0.15, 0.2) is 0 Å². The number of aliphatic carboxylic acids is 1. The number of rotatable bonds is 2. The molecule has 0 bridgehead atoms. The minimum atomic E-state index is -1.10. The van der Waals surface area contributed by atoms with Gasteiger partial charge in [-0.05, 0) is 6.42 Å². The molecule has 1 saturated carbocycles. The van der Waals surface area contributed by atoms with Crippen LogP contribution in [0.1, 0.15) is 6.42 Å². The zero-order chi connectivity index (χ0) is 11.5. The van der Waals surface area contributed by atoms with Gasteiger partial charge in [-0.1, -0.05) is 0 Å². The van der Waals surface area contributed by atoms with Crippen LogP contribution in [0.2, 0.25) is 0 Å². The van der Waals surface area contributed by atoms with Gasteiger partial charge in [0.1, 0.15) is 5.60 Å². The van der Waals surface area contributed by atoms with Crippen molar-refractivity contribution in [2.45, 2.75) is 24.4 Å². The number of epoxide rings is 1. The van der Waals surface area contributed by atoms with Crippen molar-refractivity contribution in [3.63, 3.8) is 0 Å². The maximum absolute atomic E-state index is 11.0. The third-order valence-electron chi connectivity index (χ3n) is 3.85. The second-order valence-corrected chi connectivity index (χ2v) is 4.49. The second-order valence-electron chi connectivity index (χ2n) is 4.49. The van der Waals surface area contributed by atoms with E-state index in [1.54, 1.807) is 0 Å². The molecule has 3 rings (SSSR count). The molecule has 88 valence electrons. The van der Waals surface area contributed by atoms with Crippen LogP contribution >= 0.6 is 0 Å². The second kappa shape index (κ2) is 2.97. The van der Waals surface area contributed by atoms with Crippen molar-refractivity contribution in [1.29, 1.82) is 0 Å². The van der Waals surface area contributed by atoms with Gasteiger partial charge < -0.3 is 24.8 Å². The van der Waals surface area contributed by atoms with E-state index < -0.39 is 23.8 Å². The highest BCUT2D eigenvalue weighted by molar-refractivity contribution is 5.87. The third kappa shape index (κ3) is 1.04. The summed E-state index contributed by atoms with van der Waals surface area (Å²) in [6.07, 6.45) is 0.354. The van der Waals surface area contributed by atoms with Crippen molar-refractivity contribution in [2.75, 3.05) is 6.61 Å². The van der Waals surface area contributed by atoms with Crippen LogP contribution in [0.4, 0.5) is 0 Å². The summed E-state index contributed by atoms with van der Waals surface area (Å²) in [4.78, 5) is 11.0. The van der Waals surface area contributed by atoms with Crippen LogP contribution < -0.4 is 0 Å². The van der Waals surface area contributed by atoms with Gasteiger partial charge in [-0.15, -0.1) is 0 Å². The standard InChI is InChI=1S/C10H12O6/c11-3-10-6(16-10)1-4-5(8(12)13)2-15-9(14)7(4)10/h2,4,6-7,9,11,14H,1,3H2,(H,12,13). The highest BCUT2D eigenvalue weighted by atomic mass is 16.6. The molecule has 5 atom stereocenters. The molecule has 3 aliphatic rings. The first-order valence-electron chi connectivity index (χ1n) is 5.15. The van der Waals surface area contributed by atoms with E-state index in [1.165, 1.54) is 0 Å². The van der Waals surface area contributed by atoms with E-state index in [0.29, 0.717) is 6.42 Å². The smallest absolute Gasteiger partial charge is 0.334 e. The summed E-state index contributed by atoms with van der Waals surface area (Å²) in [6.45, 7) is -0.216. The number of carboxylic acids is 1. The van der Waals surface area contributed by atoms with Crippen molar-refractivity contribution in [2.24, 2.45) is 11.8 Å². The number of hydrogen-bond acceptors (Lipinski definition) is 5. The van der Waals surface area contributed by atoms with Crippen molar-refractivity contribution in [1.82, 2.24) is 0 Å². The number of carboxylic acid groups (broad SMARTS) is 1. The molecule has 2 aliphatic heterocycles. The van der Waals surface area contributed by atoms with E-state index >= 15 is 0 Å². The largest absolute Gasteiger partial charge is 0.478 e. The first kappa shape index (κ1) is 10.1. The van der Waals surface area contributed by atoms with Gasteiger partial charge in [-0.3, -0.25) is 0 Å². The van der Waals surface area contributed by atoms with Crippen LogP contribution in [0.3, 0.4) is 0 Å². The van der Waals surface area contributed by atoms with Crippen LogP contribution in [-0.4, -0.2) is 45.9 Å². The SMILES string of the molecule is O=C(O)C1=COC(O)C2C1CC1OC12CO. The summed E-state index contributed by atoms with van der Waals surface area (Å²) in [6, 6.07) is 0. The average molecular weight is 228 g/mol. The van der Waals surface area contributed by atoms with Crippen molar-refractivity contribution in [3.8, 4) is 0 Å². The quantitative estimate of drug-likeness (QED) is 0.528. The van der Waals surface area contributed by atoms with Gasteiger partial charge in [0, 0.05) is 5.92 Å². The van der Waals surface area contributed by atoms with E-state index in [0.717, 1.165) is 6.26 Å². The topological polar surface area (TPSA) is 99.5 Å². The minimum Gasteiger partial charge on any atom is -0.478 e. The van der Waals surface area contributed by atoms with Crippen LogP contribution in [0, 0.1) is 11.8 Å². The highest BCUT2D eigenvalue weighted by Gasteiger charge is 2.72. The zero-order valence-corrected chi connectivity index (χ0v) is 8.37. The molecule has 0 amide bonds. The van der Waals surface area contributed by atoms with Crippen molar-refractivity contribution < 1.29 is 29.6 Å². The molecule has 1 saturated heterocycles. The molecule has 5 unspecified atom stereocenters. The molecule has 3 N–H and O–H groups in total. The minimum absolute atomic E-state index is 0.152. The van der Waals surface area contributed by atoms with E-state index in [2.05, 4.69) is 0 Å². The van der Waals surface area contributed by atoms with E-state index in [4.69, 9.17) is 14.6 Å². The third-order valence-corrected chi connectivity index (χ3v) is 3.85. The monoisotopic (exact) mass is 228 g/mol. The molecule has 0 aromatic heterocycles. The number of aliphatic hydroxyl groups excluding tert-OH is 2. The number of fused-ring (bicyclic) bond motifs is 3. The average Bonchev–Trinajstić information content (AvgIpc) is 2.84. The van der Waals surface area contributed by atoms with Crippen molar-refractivity contribution >= 4 is 5.97 Å². The fraction of sp³-hybridized carbons (Fsp3) is 0.700. The highest BCUT2D eigenvalue weighted by Crippen LogP contribution is 2.60. The van der Waals surface area contributed by atoms with Gasteiger partial charge in [0.2, 0.25) is 6.29 Å². The summed E-state index contributed by atoms with van der Waals surface area (Å²) < 4.78 is 10.3. The lowest BCUT2D eigenvalue weighted by Gasteiger charge is -2.33. The van der Waals surface area contributed by atoms with Crippen LogP contribution in [0.15, 0.2) is 11.8 Å². The predicted molar refractivity (Wildman–Crippen MR) is 49.1 cm³/mol. The fourth-order valence-electron chi connectivity index (χ4n) is 3.02. The lowest BCUT2D eigenvalue weighted by molar-refractivity contribution is -0.151. The normalized spacial score (nSPS) is 48.8. The van der Waals surface area contributed by atoms with E-state index in [1.807, 2.05) is 0 Å². The Labute approximate surface area is 91.1 Å². The van der Waals surface area contributed by atoms with E-state index in [9.17, 15) is 15.0 Å². The lowest BCUT2D eigenvalue weighted by atomic mass is 9.82. The Bertz CT molecular complexity index is 374. The Balaban J connectivity index is 1.96. The molecule has 6 nitrogen and oxygen atoms in total. The molecule has 0 spiro atoms. The fourth-order valence-corrected chi connectivity index (χ4v) is 3.02. The number of ether oxygens (including phenoxy) is 2. The van der Waals surface area contributed by atoms with Crippen molar-refractivity contribution in [3.05, 3.63) is 11.8 Å². The Hall–Kier alpha value is -1.11. The molecule has 16 heavy (non-hydrogen) atoms. The Morgan fingerprint density at radius 1 is 1.62 bits per heavy atom. The van der Waals surface area contributed by atoms with Gasteiger partial charge in [0.25, 0.3) is 0 Å². The Kier molecular flexibility index (Phi) is 1.87. The summed E-state index contributed by atoms with van der Waals surface area (Å²) in [5.41, 5.74) is -0.641. The van der Waals surface area contributed by atoms with Gasteiger partial charge in [-0.2, -0.15) is 0 Å². The maximum Gasteiger partial charge on any atom is 0.334 e. The Morgan fingerprint density at radius 2 is 2.38 bits per heavy atom. The van der Waals surface area contributed by atoms with Gasteiger partial charge in [-0.25, -0.2) is 4.79 Å². The first-order chi connectivity index (χ1) is 7.60. The number of aliphatic hydroxyl groups is 2. The number of carbonyl (C=O) groups is 1. The maximum atomic E-state index is 11.0. The molecule has 0 aromatic carbocycles. The summed E-state index contributed by atoms with van der Waals surface area (Å²) in [5, 5.41) is 28.0. The first-order valence-corrected chi connectivity index (χ1v) is 5.15. The summed E-state index contributed by atoms with van der Waals surface area (Å²) in [5.74, 6) is -1.83. The molecule has 1 aliphatic carbocycles. The Morgan fingerprint density at radius 3 is 3.00 bits per heavy atom. The molecule has 0 radical (unpaired) electrons. The summed E-state index contributed by atoms with van der Waals surface area (Å²) in [7, 11) is 0. The summed E-state index contributed by atoms with van der Waals surface area (Å²) >= 11 is 0. The van der Waals surface area contributed by atoms with Crippen LogP contribution in [0.5, 0.6) is 0 Å². The van der Waals surface area contributed by atoms with Crippen LogP contribution in [-0.2, 0) is 14.3 Å².